The molecule has 2 unspecified atom stereocenters. The van der Waals surface area contributed by atoms with Crippen molar-refractivity contribution in [3.63, 3.8) is 0 Å². The molecule has 3 nitrogen and oxygen atoms in total. The molecule has 0 N–H and O–H groups in total. The highest BCUT2D eigenvalue weighted by molar-refractivity contribution is 7.79. The van der Waals surface area contributed by atoms with E-state index in [-0.39, 0.29) is 12.2 Å². The molecule has 2 atom stereocenters. The Balaban J connectivity index is 2.10. The Kier molecular flexibility index (Phi) is 4.49. The Hall–Kier alpha value is -1.41. The van der Waals surface area contributed by atoms with Gasteiger partial charge in [-0.15, -0.1) is 0 Å². The van der Waals surface area contributed by atoms with E-state index in [2.05, 4.69) is 0 Å². The summed E-state index contributed by atoms with van der Waals surface area (Å²) < 4.78 is 25.9. The molecule has 4 heteroatoms. The highest BCUT2D eigenvalue weighted by Gasteiger charge is 2.42. The Labute approximate surface area is 131 Å². The number of ether oxygens (including phenoxy) is 2. The van der Waals surface area contributed by atoms with Gasteiger partial charge >= 0.3 is 0 Å². The summed E-state index contributed by atoms with van der Waals surface area (Å²) >= 11 is 0. The molecule has 0 saturated carbocycles. The first-order valence-corrected chi connectivity index (χ1v) is 9.40. The van der Waals surface area contributed by atoms with E-state index >= 15 is 0 Å². The van der Waals surface area contributed by atoms with E-state index in [4.69, 9.17) is 9.47 Å². The lowest BCUT2D eigenvalue weighted by Crippen LogP contribution is -2.39. The molecule has 0 aromatic heterocycles. The van der Waals surface area contributed by atoms with Crippen LogP contribution >= 0.6 is 7.14 Å². The molecule has 0 amide bonds. The first kappa shape index (κ1) is 15.5. The SMILES string of the molecule is CC1CC(C)OC(P(=O)(c2ccccc2)c2ccccc2)O1. The molecule has 2 aromatic carbocycles. The number of hydrogen-bond acceptors (Lipinski definition) is 3. The molecule has 1 fully saturated rings. The number of rotatable bonds is 3. The molecule has 1 saturated heterocycles. The van der Waals surface area contributed by atoms with E-state index < -0.39 is 13.2 Å². The van der Waals surface area contributed by atoms with Gasteiger partial charge in [0.1, 0.15) is 0 Å². The summed E-state index contributed by atoms with van der Waals surface area (Å²) in [6.45, 7) is 4.01. The van der Waals surface area contributed by atoms with Crippen LogP contribution in [0.2, 0.25) is 0 Å². The lowest BCUT2D eigenvalue weighted by Gasteiger charge is -2.37. The van der Waals surface area contributed by atoms with Crippen LogP contribution in [-0.4, -0.2) is 18.2 Å². The second-order valence-electron chi connectivity index (χ2n) is 5.77. The topological polar surface area (TPSA) is 35.5 Å². The van der Waals surface area contributed by atoms with Crippen molar-refractivity contribution in [2.45, 2.75) is 38.5 Å². The van der Waals surface area contributed by atoms with Crippen LogP contribution in [0.3, 0.4) is 0 Å². The van der Waals surface area contributed by atoms with Crippen molar-refractivity contribution in [1.29, 1.82) is 0 Å². The maximum absolute atomic E-state index is 14.0. The standard InChI is InChI=1S/C18H21O3P/c1-14-13-15(2)21-18(20-14)22(19,16-9-5-3-6-10-16)17-11-7-4-8-12-17/h3-12,14-15,18H,13H2,1-2H3. The highest BCUT2D eigenvalue weighted by Crippen LogP contribution is 2.51. The van der Waals surface area contributed by atoms with Crippen LogP contribution in [0.25, 0.3) is 0 Å². The van der Waals surface area contributed by atoms with Crippen molar-refractivity contribution in [3.8, 4) is 0 Å². The molecule has 1 aliphatic rings. The fraction of sp³-hybridized carbons (Fsp3) is 0.333. The summed E-state index contributed by atoms with van der Waals surface area (Å²) in [4.78, 5) is 0. The zero-order valence-corrected chi connectivity index (χ0v) is 13.8. The van der Waals surface area contributed by atoms with Crippen molar-refractivity contribution >= 4 is 17.8 Å². The molecule has 0 aliphatic carbocycles. The van der Waals surface area contributed by atoms with E-state index in [9.17, 15) is 4.57 Å². The average Bonchev–Trinajstić information content (AvgIpc) is 2.55. The molecule has 22 heavy (non-hydrogen) atoms. The lowest BCUT2D eigenvalue weighted by molar-refractivity contribution is -0.191. The average molecular weight is 316 g/mol. The van der Waals surface area contributed by atoms with Crippen molar-refractivity contribution in [2.75, 3.05) is 0 Å². The molecule has 0 spiro atoms. The fourth-order valence-corrected chi connectivity index (χ4v) is 5.64. The van der Waals surface area contributed by atoms with Crippen LogP contribution in [0.15, 0.2) is 60.7 Å². The summed E-state index contributed by atoms with van der Waals surface area (Å²) in [5.74, 6) is 0. The molecule has 1 heterocycles. The Morgan fingerprint density at radius 2 is 1.23 bits per heavy atom. The minimum atomic E-state index is -3.02. The van der Waals surface area contributed by atoms with Gasteiger partial charge in [-0.3, -0.25) is 0 Å². The first-order chi connectivity index (χ1) is 10.6. The van der Waals surface area contributed by atoms with Gasteiger partial charge in [0.15, 0.2) is 7.14 Å². The van der Waals surface area contributed by atoms with Crippen molar-refractivity contribution in [1.82, 2.24) is 0 Å². The van der Waals surface area contributed by atoms with Crippen LogP contribution in [0, 0.1) is 0 Å². The van der Waals surface area contributed by atoms with E-state index in [1.54, 1.807) is 0 Å². The third-order valence-corrected chi connectivity index (χ3v) is 6.91. The second-order valence-corrected chi connectivity index (χ2v) is 8.54. The van der Waals surface area contributed by atoms with Crippen LogP contribution in [0.5, 0.6) is 0 Å². The smallest absolute Gasteiger partial charge is 0.220 e. The van der Waals surface area contributed by atoms with Crippen molar-refractivity contribution in [2.24, 2.45) is 0 Å². The maximum atomic E-state index is 14.0. The van der Waals surface area contributed by atoms with Gasteiger partial charge in [0.2, 0.25) is 6.03 Å². The maximum Gasteiger partial charge on any atom is 0.220 e. The Bertz CT molecular complexity index is 603. The van der Waals surface area contributed by atoms with Crippen LogP contribution in [-0.2, 0) is 14.0 Å². The lowest BCUT2D eigenvalue weighted by atomic mass is 10.2. The summed E-state index contributed by atoms with van der Waals surface area (Å²) in [5.41, 5.74) is 0. The molecular weight excluding hydrogens is 295 g/mol. The summed E-state index contributed by atoms with van der Waals surface area (Å²) in [5, 5.41) is 1.54. The van der Waals surface area contributed by atoms with Crippen LogP contribution < -0.4 is 10.6 Å². The van der Waals surface area contributed by atoms with Gasteiger partial charge in [0, 0.05) is 10.6 Å². The predicted octanol–water partition coefficient (Wildman–Crippen LogP) is 3.50. The minimum absolute atomic E-state index is 0.0366. The molecule has 116 valence electrons. The van der Waals surface area contributed by atoms with Gasteiger partial charge in [-0.25, -0.2) is 0 Å². The van der Waals surface area contributed by atoms with Gasteiger partial charge in [0.25, 0.3) is 0 Å². The largest absolute Gasteiger partial charge is 0.342 e. The third kappa shape index (κ3) is 2.89. The monoisotopic (exact) mass is 316 g/mol. The highest BCUT2D eigenvalue weighted by atomic mass is 31.2. The van der Waals surface area contributed by atoms with E-state index in [0.29, 0.717) is 0 Å². The zero-order valence-electron chi connectivity index (χ0n) is 12.9. The second kappa shape index (κ2) is 6.37. The van der Waals surface area contributed by atoms with Crippen molar-refractivity contribution < 1.29 is 14.0 Å². The molecule has 3 rings (SSSR count). The van der Waals surface area contributed by atoms with Gasteiger partial charge in [-0.2, -0.15) is 0 Å². The zero-order chi connectivity index (χ0) is 15.6. The molecule has 2 aromatic rings. The van der Waals surface area contributed by atoms with E-state index in [1.807, 2.05) is 74.5 Å². The quantitative estimate of drug-likeness (QED) is 0.813. The predicted molar refractivity (Wildman–Crippen MR) is 89.3 cm³/mol. The van der Waals surface area contributed by atoms with Gasteiger partial charge in [-0.1, -0.05) is 60.7 Å². The third-order valence-electron chi connectivity index (χ3n) is 3.94. The summed E-state index contributed by atoms with van der Waals surface area (Å²) in [6, 6.07) is 18.3. The van der Waals surface area contributed by atoms with Gasteiger partial charge in [-0.05, 0) is 20.3 Å². The Morgan fingerprint density at radius 3 is 1.64 bits per heavy atom. The number of hydrogen-bond donors (Lipinski definition) is 0. The van der Waals surface area contributed by atoms with E-state index in [0.717, 1.165) is 17.0 Å². The summed E-state index contributed by atoms with van der Waals surface area (Å²) in [6.07, 6.45) is 0.893. The normalized spacial score (nSPS) is 25.8. The number of benzene rings is 2. The van der Waals surface area contributed by atoms with Crippen LogP contribution in [0.1, 0.15) is 20.3 Å². The Morgan fingerprint density at radius 1 is 0.818 bits per heavy atom. The van der Waals surface area contributed by atoms with Crippen LogP contribution in [0.4, 0.5) is 0 Å². The van der Waals surface area contributed by atoms with Gasteiger partial charge in [0.05, 0.1) is 12.2 Å². The minimum Gasteiger partial charge on any atom is -0.342 e. The molecule has 0 radical (unpaired) electrons. The molecule has 1 aliphatic heterocycles. The van der Waals surface area contributed by atoms with Gasteiger partial charge < -0.3 is 14.0 Å². The summed E-state index contributed by atoms with van der Waals surface area (Å²) in [7, 11) is -3.02. The van der Waals surface area contributed by atoms with Crippen molar-refractivity contribution in [3.05, 3.63) is 60.7 Å². The van der Waals surface area contributed by atoms with E-state index in [1.165, 1.54) is 0 Å². The molecular formula is C18H21O3P. The molecule has 0 bridgehead atoms. The first-order valence-electron chi connectivity index (χ1n) is 7.62. The fourth-order valence-electron chi connectivity index (χ4n) is 2.87.